The fourth-order valence-electron chi connectivity index (χ4n) is 0.427. The Labute approximate surface area is 70.6 Å². The van der Waals surface area contributed by atoms with E-state index in [9.17, 15) is 0 Å². The Morgan fingerprint density at radius 1 is 1.09 bits per heavy atom. The molecule has 0 radical (unpaired) electrons. The third-order valence-corrected chi connectivity index (χ3v) is 0.953. The van der Waals surface area contributed by atoms with Crippen LogP contribution in [0.25, 0.3) is 0 Å². The molecule has 11 heavy (non-hydrogen) atoms. The zero-order valence-corrected chi connectivity index (χ0v) is 7.80. The predicted molar refractivity (Wildman–Crippen MR) is 54.6 cm³/mol. The molecular formula is C11H18. The average molecular weight is 150 g/mol. The summed E-state index contributed by atoms with van der Waals surface area (Å²) in [5, 5.41) is 0. The van der Waals surface area contributed by atoms with Gasteiger partial charge < -0.3 is 0 Å². The maximum absolute atomic E-state index is 3.61. The highest BCUT2D eigenvalue weighted by Gasteiger charge is 1.74. The minimum absolute atomic E-state index is 1.05. The van der Waals surface area contributed by atoms with Gasteiger partial charge in [0, 0.05) is 0 Å². The molecule has 0 aromatic rings. The highest BCUT2D eigenvalue weighted by Crippen LogP contribution is 1.95. The monoisotopic (exact) mass is 150 g/mol. The van der Waals surface area contributed by atoms with Gasteiger partial charge in [0.2, 0.25) is 0 Å². The van der Waals surface area contributed by atoms with Gasteiger partial charge in [0.15, 0.2) is 0 Å². The van der Waals surface area contributed by atoms with Crippen molar-refractivity contribution in [3.63, 3.8) is 0 Å². The van der Waals surface area contributed by atoms with Gasteiger partial charge in [-0.25, -0.2) is 0 Å². The van der Waals surface area contributed by atoms with Crippen molar-refractivity contribution < 1.29 is 0 Å². The second-order valence-corrected chi connectivity index (χ2v) is 1.60. The van der Waals surface area contributed by atoms with Crippen LogP contribution in [0.3, 0.4) is 0 Å². The van der Waals surface area contributed by atoms with E-state index in [0.29, 0.717) is 0 Å². The number of hydrogen-bond acceptors (Lipinski definition) is 0. The predicted octanol–water partition coefficient (Wildman–Crippen LogP) is 3.89. The fourth-order valence-corrected chi connectivity index (χ4v) is 0.427. The van der Waals surface area contributed by atoms with Gasteiger partial charge in [0.05, 0.1) is 0 Å². The van der Waals surface area contributed by atoms with E-state index >= 15 is 0 Å². The second kappa shape index (κ2) is 11.7. The van der Waals surface area contributed by atoms with Gasteiger partial charge in [-0.05, 0) is 12.5 Å². The molecule has 0 heteroatoms. The molecule has 0 aromatic carbocycles. The number of hydrogen-bond donors (Lipinski definition) is 0. The Balaban J connectivity index is 0. The Bertz CT molecular complexity index is 137. The van der Waals surface area contributed by atoms with Crippen molar-refractivity contribution in [2.24, 2.45) is 0 Å². The normalized spacial score (nSPS) is 7.91. The van der Waals surface area contributed by atoms with E-state index in [1.165, 1.54) is 0 Å². The molecule has 0 fully saturated rings. The van der Waals surface area contributed by atoms with Crippen LogP contribution in [0, 0.1) is 0 Å². The number of allylic oxidation sites excluding steroid dienone is 6. The van der Waals surface area contributed by atoms with Crippen molar-refractivity contribution in [1.82, 2.24) is 0 Å². The minimum atomic E-state index is 1.05. The van der Waals surface area contributed by atoms with Crippen LogP contribution in [-0.2, 0) is 0 Å². The maximum Gasteiger partial charge on any atom is -0.0269 e. The summed E-state index contributed by atoms with van der Waals surface area (Å²) in [4.78, 5) is 0. The van der Waals surface area contributed by atoms with Crippen molar-refractivity contribution in [3.05, 3.63) is 49.1 Å². The van der Waals surface area contributed by atoms with E-state index in [1.54, 1.807) is 12.2 Å². The van der Waals surface area contributed by atoms with Crippen molar-refractivity contribution in [2.45, 2.75) is 20.8 Å². The van der Waals surface area contributed by atoms with E-state index in [4.69, 9.17) is 0 Å². The molecule has 0 N–H and O–H groups in total. The Hall–Kier alpha value is -1.04. The lowest BCUT2D eigenvalue weighted by Gasteiger charge is -1.84. The van der Waals surface area contributed by atoms with E-state index in [1.807, 2.05) is 39.0 Å². The van der Waals surface area contributed by atoms with Gasteiger partial charge in [-0.1, -0.05) is 57.4 Å². The van der Waals surface area contributed by atoms with Crippen molar-refractivity contribution >= 4 is 0 Å². The summed E-state index contributed by atoms with van der Waals surface area (Å²) in [5.74, 6) is 0. The van der Waals surface area contributed by atoms with Crippen LogP contribution in [-0.4, -0.2) is 0 Å². The first kappa shape index (κ1) is 12.6. The molecule has 0 spiro atoms. The van der Waals surface area contributed by atoms with Crippen LogP contribution in [0.4, 0.5) is 0 Å². The molecule has 0 aliphatic heterocycles. The molecule has 0 aliphatic carbocycles. The summed E-state index contributed by atoms with van der Waals surface area (Å²) in [6, 6.07) is 0. The molecule has 0 amide bonds. The Morgan fingerprint density at radius 3 is 1.82 bits per heavy atom. The second-order valence-electron chi connectivity index (χ2n) is 1.60. The van der Waals surface area contributed by atoms with Gasteiger partial charge >= 0.3 is 0 Å². The van der Waals surface area contributed by atoms with Gasteiger partial charge in [0.1, 0.15) is 0 Å². The van der Waals surface area contributed by atoms with E-state index in [-0.39, 0.29) is 0 Å². The molecular weight excluding hydrogens is 132 g/mol. The minimum Gasteiger partial charge on any atom is -0.0985 e. The van der Waals surface area contributed by atoms with E-state index in [2.05, 4.69) is 13.2 Å². The first-order chi connectivity index (χ1) is 5.35. The summed E-state index contributed by atoms with van der Waals surface area (Å²) >= 11 is 0. The zero-order chi connectivity index (χ0) is 9.11. The van der Waals surface area contributed by atoms with Crippen molar-refractivity contribution in [3.8, 4) is 0 Å². The topological polar surface area (TPSA) is 0 Å². The van der Waals surface area contributed by atoms with E-state index < -0.39 is 0 Å². The largest absolute Gasteiger partial charge is 0.0985 e. The average Bonchev–Trinajstić information content (AvgIpc) is 2.10. The van der Waals surface area contributed by atoms with E-state index in [0.717, 1.165) is 5.57 Å². The fraction of sp³-hybridized carbons (Fsp3) is 0.273. The molecule has 0 saturated carbocycles. The first-order valence-corrected chi connectivity index (χ1v) is 3.93. The quantitative estimate of drug-likeness (QED) is 0.535. The Kier molecular flexibility index (Phi) is 13.4. The SMILES string of the molecule is C=CC(C=C)=C/C=C\C.CC. The highest BCUT2D eigenvalue weighted by atomic mass is 13.8. The third-order valence-electron chi connectivity index (χ3n) is 0.953. The molecule has 0 atom stereocenters. The molecule has 0 heterocycles. The molecule has 0 bridgehead atoms. The van der Waals surface area contributed by atoms with Crippen LogP contribution < -0.4 is 0 Å². The van der Waals surface area contributed by atoms with Crippen LogP contribution in [0.2, 0.25) is 0 Å². The van der Waals surface area contributed by atoms with Crippen molar-refractivity contribution in [1.29, 1.82) is 0 Å². The zero-order valence-electron chi connectivity index (χ0n) is 7.80. The molecule has 0 nitrogen and oxygen atoms in total. The van der Waals surface area contributed by atoms with Gasteiger partial charge in [-0.15, -0.1) is 0 Å². The molecule has 0 rings (SSSR count). The summed E-state index contributed by atoms with van der Waals surface area (Å²) in [7, 11) is 0. The van der Waals surface area contributed by atoms with Gasteiger partial charge in [0.25, 0.3) is 0 Å². The lowest BCUT2D eigenvalue weighted by atomic mass is 10.2. The maximum atomic E-state index is 3.61. The summed E-state index contributed by atoms with van der Waals surface area (Å²) in [5.41, 5.74) is 1.05. The van der Waals surface area contributed by atoms with Crippen LogP contribution >= 0.6 is 0 Å². The standard InChI is InChI=1S/C9H12.C2H6/c1-4-7-8-9(5-2)6-3;1-2/h4-8H,2-3H2,1H3;1-2H3/b7-4-;. The van der Waals surface area contributed by atoms with Gasteiger partial charge in [-0.3, -0.25) is 0 Å². The Morgan fingerprint density at radius 2 is 1.55 bits per heavy atom. The van der Waals surface area contributed by atoms with Crippen LogP contribution in [0.5, 0.6) is 0 Å². The van der Waals surface area contributed by atoms with Gasteiger partial charge in [-0.2, -0.15) is 0 Å². The molecule has 62 valence electrons. The smallest absolute Gasteiger partial charge is 0.0269 e. The summed E-state index contributed by atoms with van der Waals surface area (Å²) < 4.78 is 0. The molecule has 0 aromatic heterocycles. The molecule has 0 unspecified atom stereocenters. The van der Waals surface area contributed by atoms with Crippen molar-refractivity contribution in [2.75, 3.05) is 0 Å². The lowest BCUT2D eigenvalue weighted by Crippen LogP contribution is -1.63. The summed E-state index contributed by atoms with van der Waals surface area (Å²) in [6.07, 6.45) is 9.42. The lowest BCUT2D eigenvalue weighted by molar-refractivity contribution is 1.50. The number of rotatable bonds is 3. The van der Waals surface area contributed by atoms with Crippen LogP contribution in [0.1, 0.15) is 20.8 Å². The highest BCUT2D eigenvalue weighted by molar-refractivity contribution is 5.30. The first-order valence-electron chi connectivity index (χ1n) is 3.93. The van der Waals surface area contributed by atoms with Crippen LogP contribution in [0.15, 0.2) is 49.1 Å². The molecule has 0 aliphatic rings. The third kappa shape index (κ3) is 8.96. The summed E-state index contributed by atoms with van der Waals surface area (Å²) in [6.45, 7) is 13.2. The molecule has 0 saturated heterocycles.